The molecule has 0 amide bonds. The summed E-state index contributed by atoms with van der Waals surface area (Å²) in [5.74, 6) is 0. The average Bonchev–Trinajstić information content (AvgIpc) is 2.69. The first-order valence-corrected chi connectivity index (χ1v) is 4.51. The lowest BCUT2D eigenvalue weighted by atomic mass is 10.2. The molecule has 0 saturated carbocycles. The average molecular weight is 224 g/mol. The molecule has 0 aliphatic carbocycles. The summed E-state index contributed by atoms with van der Waals surface area (Å²) in [5, 5.41) is 11.0. The number of pyridine rings is 1. The van der Waals surface area contributed by atoms with Crippen LogP contribution in [0.1, 0.15) is 0 Å². The second kappa shape index (κ2) is 3.70. The molecule has 0 aliphatic heterocycles. The van der Waals surface area contributed by atoms with E-state index < -0.39 is 4.92 Å². The topological polar surface area (TPSA) is 71.8 Å². The number of H-pyrrole nitrogens is 1. The molecule has 0 aromatic carbocycles. The summed E-state index contributed by atoms with van der Waals surface area (Å²) < 4.78 is 0. The zero-order valence-electron chi connectivity index (χ0n) is 7.48. The molecule has 0 spiro atoms. The second-order valence-electron chi connectivity index (χ2n) is 2.84. The lowest BCUT2D eigenvalue weighted by Gasteiger charge is -1.99. The highest BCUT2D eigenvalue weighted by molar-refractivity contribution is 6.29. The Bertz CT molecular complexity index is 496. The van der Waals surface area contributed by atoms with Gasteiger partial charge in [0.25, 0.3) is 5.69 Å². The highest BCUT2D eigenvalue weighted by Crippen LogP contribution is 2.27. The molecule has 0 saturated heterocycles. The van der Waals surface area contributed by atoms with E-state index in [4.69, 9.17) is 11.6 Å². The van der Waals surface area contributed by atoms with E-state index in [1.807, 2.05) is 0 Å². The van der Waals surface area contributed by atoms with Gasteiger partial charge in [-0.25, -0.2) is 4.98 Å². The van der Waals surface area contributed by atoms with Crippen molar-refractivity contribution in [1.29, 1.82) is 0 Å². The Hall–Kier alpha value is -1.88. The van der Waals surface area contributed by atoms with Gasteiger partial charge < -0.3 is 4.98 Å². The first-order chi connectivity index (χ1) is 7.18. The minimum atomic E-state index is -0.487. The zero-order chi connectivity index (χ0) is 10.8. The number of nitrogens with zero attached hydrogens (tertiary/aromatic N) is 2. The lowest BCUT2D eigenvalue weighted by Crippen LogP contribution is -1.94. The predicted octanol–water partition coefficient (Wildman–Crippen LogP) is 2.64. The minimum absolute atomic E-state index is 0.0677. The van der Waals surface area contributed by atoms with E-state index in [0.717, 1.165) is 0 Å². The van der Waals surface area contributed by atoms with Crippen LogP contribution < -0.4 is 0 Å². The summed E-state index contributed by atoms with van der Waals surface area (Å²) in [4.78, 5) is 17.0. The Labute approximate surface area is 89.9 Å². The monoisotopic (exact) mass is 223 g/mol. The van der Waals surface area contributed by atoms with Gasteiger partial charge >= 0.3 is 0 Å². The Morgan fingerprint density at radius 1 is 1.40 bits per heavy atom. The Morgan fingerprint density at radius 2 is 2.20 bits per heavy atom. The molecule has 1 N–H and O–H groups in total. The van der Waals surface area contributed by atoms with Crippen LogP contribution in [0.5, 0.6) is 0 Å². The van der Waals surface area contributed by atoms with E-state index >= 15 is 0 Å². The van der Waals surface area contributed by atoms with Crippen molar-refractivity contribution < 1.29 is 4.92 Å². The summed E-state index contributed by atoms with van der Waals surface area (Å²) >= 11 is 5.69. The number of nitrogens with one attached hydrogen (secondary N) is 1. The van der Waals surface area contributed by atoms with Gasteiger partial charge in [0.1, 0.15) is 5.15 Å². The smallest absolute Gasteiger partial charge is 0.297 e. The van der Waals surface area contributed by atoms with E-state index in [1.54, 1.807) is 18.3 Å². The summed E-state index contributed by atoms with van der Waals surface area (Å²) in [6.07, 6.45) is 1.67. The maximum Gasteiger partial charge on any atom is 0.297 e. The van der Waals surface area contributed by atoms with Crippen molar-refractivity contribution in [2.45, 2.75) is 0 Å². The zero-order valence-corrected chi connectivity index (χ0v) is 8.23. The van der Waals surface area contributed by atoms with Crippen molar-refractivity contribution in [3.63, 3.8) is 0 Å². The predicted molar refractivity (Wildman–Crippen MR) is 55.7 cm³/mol. The highest BCUT2D eigenvalue weighted by atomic mass is 35.5. The third kappa shape index (κ3) is 1.82. The summed E-state index contributed by atoms with van der Waals surface area (Å²) in [7, 11) is 0. The quantitative estimate of drug-likeness (QED) is 0.483. The van der Waals surface area contributed by atoms with Crippen molar-refractivity contribution in [2.24, 2.45) is 0 Å². The van der Waals surface area contributed by atoms with Crippen LogP contribution in [0.15, 0.2) is 30.5 Å². The van der Waals surface area contributed by atoms with Crippen LogP contribution in [0.25, 0.3) is 11.4 Å². The summed E-state index contributed by atoms with van der Waals surface area (Å²) in [6.45, 7) is 0. The molecular formula is C9H6ClN3O2. The molecule has 5 nitrogen and oxygen atoms in total. The molecule has 0 radical (unpaired) electrons. The third-order valence-electron chi connectivity index (χ3n) is 1.89. The molecule has 0 fully saturated rings. The van der Waals surface area contributed by atoms with Crippen LogP contribution in [0.3, 0.4) is 0 Å². The molecule has 15 heavy (non-hydrogen) atoms. The number of hydrogen-bond acceptors (Lipinski definition) is 3. The molecule has 2 aromatic rings. The van der Waals surface area contributed by atoms with Crippen molar-refractivity contribution in [1.82, 2.24) is 9.97 Å². The molecule has 76 valence electrons. The van der Waals surface area contributed by atoms with E-state index in [1.165, 1.54) is 12.1 Å². The van der Waals surface area contributed by atoms with Crippen LogP contribution in [0.2, 0.25) is 5.15 Å². The Morgan fingerprint density at radius 3 is 2.80 bits per heavy atom. The Balaban J connectivity index is 2.63. The van der Waals surface area contributed by atoms with Crippen molar-refractivity contribution >= 4 is 17.3 Å². The summed E-state index contributed by atoms with van der Waals surface area (Å²) in [6, 6.07) is 6.17. The molecule has 2 heterocycles. The van der Waals surface area contributed by atoms with Crippen LogP contribution in [-0.4, -0.2) is 14.9 Å². The largest absolute Gasteiger partial charge is 0.360 e. The standard InChI is InChI=1S/C9H6ClN3O2/c10-8-4-3-7(13(14)15)9(12-8)6-2-1-5-11-6/h1-5,11H. The first-order valence-electron chi connectivity index (χ1n) is 4.13. The SMILES string of the molecule is O=[N+]([O-])c1ccc(Cl)nc1-c1ccc[nH]1. The number of halogens is 1. The third-order valence-corrected chi connectivity index (χ3v) is 2.10. The van der Waals surface area contributed by atoms with Crippen LogP contribution in [-0.2, 0) is 0 Å². The van der Waals surface area contributed by atoms with Gasteiger partial charge in [0, 0.05) is 12.3 Å². The minimum Gasteiger partial charge on any atom is -0.360 e. The second-order valence-corrected chi connectivity index (χ2v) is 3.23. The lowest BCUT2D eigenvalue weighted by molar-refractivity contribution is -0.384. The molecule has 0 bridgehead atoms. The van der Waals surface area contributed by atoms with Crippen molar-refractivity contribution in [3.05, 3.63) is 45.7 Å². The van der Waals surface area contributed by atoms with Crippen LogP contribution in [0, 0.1) is 10.1 Å². The van der Waals surface area contributed by atoms with E-state index in [0.29, 0.717) is 5.69 Å². The van der Waals surface area contributed by atoms with E-state index in [9.17, 15) is 10.1 Å². The molecule has 0 unspecified atom stereocenters. The van der Waals surface area contributed by atoms with Gasteiger partial charge in [-0.3, -0.25) is 10.1 Å². The normalized spacial score (nSPS) is 10.2. The number of nitro groups is 1. The van der Waals surface area contributed by atoms with E-state index in [2.05, 4.69) is 9.97 Å². The number of aromatic nitrogens is 2. The van der Waals surface area contributed by atoms with Gasteiger partial charge in [-0.05, 0) is 18.2 Å². The van der Waals surface area contributed by atoms with Gasteiger partial charge in [-0.2, -0.15) is 0 Å². The molecule has 2 aromatic heterocycles. The van der Waals surface area contributed by atoms with Crippen molar-refractivity contribution in [3.8, 4) is 11.4 Å². The van der Waals surface area contributed by atoms with Crippen molar-refractivity contribution in [2.75, 3.05) is 0 Å². The molecule has 6 heteroatoms. The van der Waals surface area contributed by atoms with Gasteiger partial charge in [0.2, 0.25) is 0 Å². The van der Waals surface area contributed by atoms with E-state index in [-0.39, 0.29) is 16.5 Å². The molecule has 2 rings (SSSR count). The van der Waals surface area contributed by atoms with Gasteiger partial charge in [0.05, 0.1) is 10.6 Å². The molecule has 0 atom stereocenters. The number of hydrogen-bond donors (Lipinski definition) is 1. The number of rotatable bonds is 2. The molecule has 0 aliphatic rings. The fourth-order valence-corrected chi connectivity index (χ4v) is 1.40. The highest BCUT2D eigenvalue weighted by Gasteiger charge is 2.17. The summed E-state index contributed by atoms with van der Waals surface area (Å²) in [5.41, 5.74) is 0.753. The fraction of sp³-hybridized carbons (Fsp3) is 0. The van der Waals surface area contributed by atoms with Gasteiger partial charge in [0.15, 0.2) is 5.69 Å². The molecular weight excluding hydrogens is 218 g/mol. The van der Waals surface area contributed by atoms with Crippen LogP contribution in [0.4, 0.5) is 5.69 Å². The van der Waals surface area contributed by atoms with Gasteiger partial charge in [-0.15, -0.1) is 0 Å². The fourth-order valence-electron chi connectivity index (χ4n) is 1.25. The van der Waals surface area contributed by atoms with Crippen LogP contribution >= 0.6 is 11.6 Å². The number of aromatic amines is 1. The first kappa shape index (κ1) is 9.67. The van der Waals surface area contributed by atoms with Gasteiger partial charge in [-0.1, -0.05) is 11.6 Å². The maximum atomic E-state index is 10.7. The Kier molecular flexibility index (Phi) is 2.39. The maximum absolute atomic E-state index is 10.7.